The fourth-order valence-electron chi connectivity index (χ4n) is 2.16. The Bertz CT molecular complexity index is 710. The number of fused-ring (bicyclic) bond motifs is 1. The van der Waals surface area contributed by atoms with Crippen molar-refractivity contribution in [2.24, 2.45) is 0 Å². The molecule has 1 heterocycles. The molecule has 0 spiro atoms. The number of para-hydroxylation sites is 1. The summed E-state index contributed by atoms with van der Waals surface area (Å²) in [4.78, 5) is 14.9. The average molecular weight is 251 g/mol. The Morgan fingerprint density at radius 1 is 1.05 bits per heavy atom. The lowest BCUT2D eigenvalue weighted by Gasteiger charge is -2.02. The van der Waals surface area contributed by atoms with Crippen LogP contribution in [-0.2, 0) is 4.74 Å². The van der Waals surface area contributed by atoms with Crippen LogP contribution in [0, 0.1) is 0 Å². The van der Waals surface area contributed by atoms with E-state index in [2.05, 4.69) is 17.1 Å². The number of benzene rings is 2. The predicted molar refractivity (Wildman–Crippen MR) is 75.1 cm³/mol. The molecule has 0 unspecified atom stereocenters. The second-order valence-corrected chi connectivity index (χ2v) is 4.34. The van der Waals surface area contributed by atoms with Crippen LogP contribution < -0.4 is 0 Å². The Hall–Kier alpha value is -2.55. The number of carbonyl (C=O) groups is 1. The van der Waals surface area contributed by atoms with Gasteiger partial charge in [0.2, 0.25) is 0 Å². The van der Waals surface area contributed by atoms with Crippen LogP contribution in [0.15, 0.2) is 54.6 Å². The van der Waals surface area contributed by atoms with Crippen LogP contribution in [0.2, 0.25) is 0 Å². The first kappa shape index (κ1) is 11.5. The molecule has 0 saturated heterocycles. The molecule has 0 atom stereocenters. The molecule has 94 valence electrons. The molecule has 3 heteroatoms. The molecular formula is C16H13NO2. The summed E-state index contributed by atoms with van der Waals surface area (Å²) in [5, 5.41) is 1.15. The average Bonchev–Trinajstić information content (AvgIpc) is 2.90. The fourth-order valence-corrected chi connectivity index (χ4v) is 2.16. The molecule has 0 fully saturated rings. The summed E-state index contributed by atoms with van der Waals surface area (Å²) in [5.74, 6) is -0.321. The molecule has 1 aromatic heterocycles. The van der Waals surface area contributed by atoms with Crippen LogP contribution in [0.5, 0.6) is 0 Å². The normalized spacial score (nSPS) is 10.6. The third-order valence-electron chi connectivity index (χ3n) is 3.12. The van der Waals surface area contributed by atoms with Crippen molar-refractivity contribution in [3.05, 3.63) is 60.2 Å². The first-order valence-corrected chi connectivity index (χ1v) is 6.04. The molecule has 3 rings (SSSR count). The first-order chi connectivity index (χ1) is 9.28. The number of aromatic amines is 1. The van der Waals surface area contributed by atoms with Crippen molar-refractivity contribution >= 4 is 16.9 Å². The lowest BCUT2D eigenvalue weighted by Crippen LogP contribution is -2.00. The molecule has 0 amide bonds. The molecule has 3 aromatic rings. The largest absolute Gasteiger partial charge is 0.465 e. The number of esters is 1. The second kappa shape index (κ2) is 4.61. The number of hydrogen-bond acceptors (Lipinski definition) is 2. The number of carbonyl (C=O) groups excluding carboxylic acids is 1. The van der Waals surface area contributed by atoms with Crippen molar-refractivity contribution in [1.82, 2.24) is 4.98 Å². The Balaban J connectivity index is 2.08. The number of aromatic nitrogens is 1. The van der Waals surface area contributed by atoms with E-state index in [1.54, 1.807) is 6.07 Å². The zero-order valence-electron chi connectivity index (χ0n) is 10.5. The topological polar surface area (TPSA) is 42.1 Å². The van der Waals surface area contributed by atoms with Crippen molar-refractivity contribution < 1.29 is 9.53 Å². The van der Waals surface area contributed by atoms with Gasteiger partial charge in [-0.3, -0.25) is 0 Å². The number of methoxy groups -OCH3 is 1. The molecule has 0 saturated carbocycles. The van der Waals surface area contributed by atoms with E-state index < -0.39 is 0 Å². The van der Waals surface area contributed by atoms with Crippen molar-refractivity contribution in [2.75, 3.05) is 7.11 Å². The third kappa shape index (κ3) is 2.10. The van der Waals surface area contributed by atoms with E-state index in [-0.39, 0.29) is 5.97 Å². The van der Waals surface area contributed by atoms with Crippen LogP contribution in [0.4, 0.5) is 0 Å². The van der Waals surface area contributed by atoms with Crippen LogP contribution in [-0.4, -0.2) is 18.1 Å². The molecule has 0 radical (unpaired) electrons. The zero-order chi connectivity index (χ0) is 13.2. The SMILES string of the molecule is COC(=O)c1cccc(-c2cc3ccccc3[nH]2)c1. The molecule has 3 nitrogen and oxygen atoms in total. The molecular weight excluding hydrogens is 238 g/mol. The monoisotopic (exact) mass is 251 g/mol. The minimum absolute atomic E-state index is 0.321. The quantitative estimate of drug-likeness (QED) is 0.707. The third-order valence-corrected chi connectivity index (χ3v) is 3.12. The highest BCUT2D eigenvalue weighted by atomic mass is 16.5. The Labute approximate surface area is 110 Å². The summed E-state index contributed by atoms with van der Waals surface area (Å²) in [6.45, 7) is 0. The van der Waals surface area contributed by atoms with E-state index >= 15 is 0 Å². The number of ether oxygens (including phenoxy) is 1. The van der Waals surface area contributed by atoms with Crippen molar-refractivity contribution in [2.45, 2.75) is 0 Å². The molecule has 1 N–H and O–H groups in total. The summed E-state index contributed by atoms with van der Waals surface area (Å²) in [7, 11) is 1.39. The van der Waals surface area contributed by atoms with Crippen molar-refractivity contribution in [3.63, 3.8) is 0 Å². The Morgan fingerprint density at radius 3 is 2.68 bits per heavy atom. The highest BCUT2D eigenvalue weighted by Gasteiger charge is 2.08. The van der Waals surface area contributed by atoms with E-state index in [0.717, 1.165) is 22.2 Å². The summed E-state index contributed by atoms with van der Waals surface area (Å²) in [5.41, 5.74) is 3.60. The highest BCUT2D eigenvalue weighted by Crippen LogP contribution is 2.24. The van der Waals surface area contributed by atoms with Gasteiger partial charge < -0.3 is 9.72 Å². The smallest absolute Gasteiger partial charge is 0.337 e. The number of hydrogen-bond donors (Lipinski definition) is 1. The molecule has 0 bridgehead atoms. The van der Waals surface area contributed by atoms with Gasteiger partial charge in [-0.05, 0) is 29.8 Å². The van der Waals surface area contributed by atoms with Gasteiger partial charge in [0, 0.05) is 16.6 Å². The van der Waals surface area contributed by atoms with Gasteiger partial charge in [-0.25, -0.2) is 4.79 Å². The number of nitrogens with one attached hydrogen (secondary N) is 1. The minimum atomic E-state index is -0.321. The summed E-state index contributed by atoms with van der Waals surface area (Å²) in [6, 6.07) is 17.6. The van der Waals surface area contributed by atoms with Crippen molar-refractivity contribution in [1.29, 1.82) is 0 Å². The van der Waals surface area contributed by atoms with E-state index in [1.807, 2.05) is 36.4 Å². The van der Waals surface area contributed by atoms with Gasteiger partial charge in [0.1, 0.15) is 0 Å². The van der Waals surface area contributed by atoms with Crippen LogP contribution >= 0.6 is 0 Å². The summed E-state index contributed by atoms with van der Waals surface area (Å²) in [6.07, 6.45) is 0. The van der Waals surface area contributed by atoms with Gasteiger partial charge in [0.05, 0.1) is 12.7 Å². The van der Waals surface area contributed by atoms with Gasteiger partial charge in [0.25, 0.3) is 0 Å². The first-order valence-electron chi connectivity index (χ1n) is 6.04. The minimum Gasteiger partial charge on any atom is -0.465 e. The van der Waals surface area contributed by atoms with E-state index in [4.69, 9.17) is 4.74 Å². The Kier molecular flexibility index (Phi) is 2.80. The van der Waals surface area contributed by atoms with Crippen LogP contribution in [0.1, 0.15) is 10.4 Å². The maximum absolute atomic E-state index is 11.5. The van der Waals surface area contributed by atoms with Crippen LogP contribution in [0.25, 0.3) is 22.2 Å². The second-order valence-electron chi connectivity index (χ2n) is 4.34. The fraction of sp³-hybridized carbons (Fsp3) is 0.0625. The van der Waals surface area contributed by atoms with Gasteiger partial charge >= 0.3 is 5.97 Å². The molecule has 0 aliphatic rings. The predicted octanol–water partition coefficient (Wildman–Crippen LogP) is 3.62. The summed E-state index contributed by atoms with van der Waals surface area (Å²) < 4.78 is 4.74. The van der Waals surface area contributed by atoms with Gasteiger partial charge in [-0.15, -0.1) is 0 Å². The molecule has 2 aromatic carbocycles. The standard InChI is InChI=1S/C16H13NO2/c1-19-16(18)13-7-4-6-11(9-13)15-10-12-5-2-3-8-14(12)17-15/h2-10,17H,1H3. The lowest BCUT2D eigenvalue weighted by atomic mass is 10.1. The summed E-state index contributed by atoms with van der Waals surface area (Å²) >= 11 is 0. The van der Waals surface area contributed by atoms with Crippen LogP contribution in [0.3, 0.4) is 0 Å². The van der Waals surface area contributed by atoms with Gasteiger partial charge in [0.15, 0.2) is 0 Å². The maximum atomic E-state index is 11.5. The van der Waals surface area contributed by atoms with Gasteiger partial charge in [-0.2, -0.15) is 0 Å². The number of rotatable bonds is 2. The van der Waals surface area contributed by atoms with E-state index in [9.17, 15) is 4.79 Å². The lowest BCUT2D eigenvalue weighted by molar-refractivity contribution is 0.0601. The maximum Gasteiger partial charge on any atom is 0.337 e. The Morgan fingerprint density at radius 2 is 1.89 bits per heavy atom. The number of H-pyrrole nitrogens is 1. The highest BCUT2D eigenvalue weighted by molar-refractivity contribution is 5.92. The van der Waals surface area contributed by atoms with E-state index in [0.29, 0.717) is 5.56 Å². The molecule has 19 heavy (non-hydrogen) atoms. The molecule has 0 aliphatic heterocycles. The zero-order valence-corrected chi connectivity index (χ0v) is 10.5. The van der Waals surface area contributed by atoms with Crippen molar-refractivity contribution in [3.8, 4) is 11.3 Å². The van der Waals surface area contributed by atoms with E-state index in [1.165, 1.54) is 7.11 Å². The van der Waals surface area contributed by atoms with Gasteiger partial charge in [-0.1, -0.05) is 30.3 Å². The molecule has 0 aliphatic carbocycles.